The molecule has 7 aromatic rings. The van der Waals surface area contributed by atoms with Crippen molar-refractivity contribution in [2.45, 2.75) is 0 Å². The average Bonchev–Trinajstić information content (AvgIpc) is 3.17. The first kappa shape index (κ1) is 30.3. The number of nitrogens with zero attached hydrogens (tertiary/aromatic N) is 2. The topological polar surface area (TPSA) is 6.48 Å². The van der Waals surface area contributed by atoms with E-state index in [0.29, 0.717) is 0 Å². The van der Waals surface area contributed by atoms with E-state index in [2.05, 4.69) is 228 Å². The molecule has 48 heavy (non-hydrogen) atoms. The number of para-hydroxylation sites is 4. The number of hydrogen-bond donors (Lipinski definition) is 0. The second-order valence-corrected chi connectivity index (χ2v) is 11.5. The lowest BCUT2D eigenvalue weighted by Crippen LogP contribution is -2.16. The van der Waals surface area contributed by atoms with Crippen molar-refractivity contribution in [3.05, 3.63) is 229 Å². The highest BCUT2D eigenvalue weighted by Crippen LogP contribution is 2.39. The van der Waals surface area contributed by atoms with Gasteiger partial charge in [0.2, 0.25) is 0 Å². The van der Waals surface area contributed by atoms with Crippen LogP contribution < -0.4 is 9.80 Å². The zero-order valence-electron chi connectivity index (χ0n) is 26.7. The summed E-state index contributed by atoms with van der Waals surface area (Å²) in [7, 11) is 0. The van der Waals surface area contributed by atoms with E-state index in [9.17, 15) is 0 Å². The smallest absolute Gasteiger partial charge is 0.0539 e. The van der Waals surface area contributed by atoms with Crippen LogP contribution in [0.15, 0.2) is 206 Å². The molecule has 7 rings (SSSR count). The first-order chi connectivity index (χ1) is 23.8. The third-order valence-corrected chi connectivity index (χ3v) is 8.22. The zero-order valence-corrected chi connectivity index (χ0v) is 26.7. The highest BCUT2D eigenvalue weighted by molar-refractivity contribution is 5.98. The molecule has 0 amide bonds. The van der Waals surface area contributed by atoms with E-state index in [1.165, 1.54) is 0 Å². The molecule has 0 unspecified atom stereocenters. The van der Waals surface area contributed by atoms with Gasteiger partial charge in [0.15, 0.2) is 0 Å². The van der Waals surface area contributed by atoms with Crippen LogP contribution >= 0.6 is 0 Å². The Kier molecular flexibility index (Phi) is 9.34. The first-order valence-corrected chi connectivity index (χ1v) is 16.3. The summed E-state index contributed by atoms with van der Waals surface area (Å²) in [5, 5.41) is 0. The van der Waals surface area contributed by atoms with E-state index < -0.39 is 0 Å². The predicted octanol–water partition coefficient (Wildman–Crippen LogP) is 12.4. The van der Waals surface area contributed by atoms with E-state index in [1.54, 1.807) is 0 Å². The maximum absolute atomic E-state index is 2.34. The van der Waals surface area contributed by atoms with Gasteiger partial charge in [-0.25, -0.2) is 0 Å². The molecule has 230 valence electrons. The van der Waals surface area contributed by atoms with Crippen molar-refractivity contribution in [3.63, 3.8) is 0 Å². The summed E-state index contributed by atoms with van der Waals surface area (Å²) in [6, 6.07) is 72.4. The lowest BCUT2D eigenvalue weighted by atomic mass is 10.0. The van der Waals surface area contributed by atoms with Gasteiger partial charge in [-0.2, -0.15) is 0 Å². The highest BCUT2D eigenvalue weighted by Gasteiger charge is 2.20. The van der Waals surface area contributed by atoms with Crippen LogP contribution in [0.1, 0.15) is 22.3 Å². The Morgan fingerprint density at radius 3 is 0.750 bits per heavy atom. The fourth-order valence-corrected chi connectivity index (χ4v) is 5.94. The van der Waals surface area contributed by atoms with Crippen LogP contribution in [0, 0.1) is 0 Å². The van der Waals surface area contributed by atoms with Crippen LogP contribution in [0.3, 0.4) is 0 Å². The van der Waals surface area contributed by atoms with Crippen molar-refractivity contribution in [3.8, 4) is 0 Å². The maximum Gasteiger partial charge on any atom is 0.0539 e. The highest BCUT2D eigenvalue weighted by atomic mass is 15.2. The molecule has 2 nitrogen and oxygen atoms in total. The van der Waals surface area contributed by atoms with E-state index in [1.807, 2.05) is 0 Å². The molecule has 0 fully saturated rings. The Balaban J connectivity index is 1.39. The number of hydrogen-bond acceptors (Lipinski definition) is 2. The fraction of sp³-hybridized carbons (Fsp3) is 0. The molecule has 0 aliphatic heterocycles. The average molecular weight is 617 g/mol. The van der Waals surface area contributed by atoms with Crippen molar-refractivity contribution in [1.29, 1.82) is 0 Å². The Morgan fingerprint density at radius 1 is 0.271 bits per heavy atom. The fourth-order valence-electron chi connectivity index (χ4n) is 5.94. The summed E-state index contributed by atoms with van der Waals surface area (Å²) >= 11 is 0. The Labute approximate surface area is 283 Å². The van der Waals surface area contributed by atoms with Crippen LogP contribution in [0.4, 0.5) is 22.7 Å². The maximum atomic E-state index is 2.34. The molecular weight excluding hydrogens is 581 g/mol. The lowest BCUT2D eigenvalue weighted by molar-refractivity contribution is 1.28. The number of rotatable bonds is 10. The minimum atomic E-state index is 1.08. The summed E-state index contributed by atoms with van der Waals surface area (Å²) in [6.07, 6.45) is 4.55. The standard InChI is InChI=1S/C46H36N2/c1-7-19-37(20-8-1)35-45(47(41-23-11-3-12-24-41)42-25-13-4-14-26-42)39-31-33-40(34-32-39)46(36-38-21-9-2-10-22-38)48(43-27-15-5-16-28-43)44-29-17-6-18-30-44/h1-36H. The predicted molar refractivity (Wildman–Crippen MR) is 205 cm³/mol. The summed E-state index contributed by atoms with van der Waals surface area (Å²) in [4.78, 5) is 4.67. The van der Waals surface area contributed by atoms with Gasteiger partial charge in [-0.3, -0.25) is 0 Å². The lowest BCUT2D eigenvalue weighted by Gasteiger charge is -2.30. The summed E-state index contributed by atoms with van der Waals surface area (Å²) in [5.41, 5.74) is 11.1. The minimum absolute atomic E-state index is 1.08. The van der Waals surface area contributed by atoms with Crippen LogP contribution in [0.2, 0.25) is 0 Å². The molecule has 7 aromatic carbocycles. The van der Waals surface area contributed by atoms with Gasteiger partial charge in [-0.1, -0.05) is 158 Å². The Morgan fingerprint density at radius 2 is 0.500 bits per heavy atom. The van der Waals surface area contributed by atoms with Gasteiger partial charge < -0.3 is 9.80 Å². The van der Waals surface area contributed by atoms with E-state index in [-0.39, 0.29) is 0 Å². The third kappa shape index (κ3) is 7.04. The van der Waals surface area contributed by atoms with E-state index in [0.717, 1.165) is 56.4 Å². The largest absolute Gasteiger partial charge is 0.310 e. The molecule has 0 atom stereocenters. The second kappa shape index (κ2) is 14.8. The second-order valence-electron chi connectivity index (χ2n) is 11.5. The van der Waals surface area contributed by atoms with Crippen molar-refractivity contribution >= 4 is 46.3 Å². The molecule has 0 aromatic heterocycles. The molecular formula is C46H36N2. The Bertz CT molecular complexity index is 1840. The van der Waals surface area contributed by atoms with E-state index >= 15 is 0 Å². The summed E-state index contributed by atoms with van der Waals surface area (Å²) < 4.78 is 0. The van der Waals surface area contributed by atoms with Crippen molar-refractivity contribution in [1.82, 2.24) is 0 Å². The van der Waals surface area contributed by atoms with E-state index in [4.69, 9.17) is 0 Å². The van der Waals surface area contributed by atoms with Gasteiger partial charge in [0.1, 0.15) is 0 Å². The quantitative estimate of drug-likeness (QED) is 0.141. The van der Waals surface area contributed by atoms with Gasteiger partial charge in [0.05, 0.1) is 11.4 Å². The van der Waals surface area contributed by atoms with Gasteiger partial charge in [-0.05, 0) is 82.9 Å². The van der Waals surface area contributed by atoms with Crippen LogP contribution in [0.5, 0.6) is 0 Å². The molecule has 0 radical (unpaired) electrons. The Hall–Kier alpha value is -6.38. The van der Waals surface area contributed by atoms with Crippen LogP contribution in [-0.4, -0.2) is 0 Å². The molecule has 0 saturated carbocycles. The summed E-state index contributed by atoms with van der Waals surface area (Å²) in [6.45, 7) is 0. The molecule has 0 bridgehead atoms. The molecule has 0 spiro atoms. The first-order valence-electron chi connectivity index (χ1n) is 16.3. The molecule has 0 heterocycles. The van der Waals surface area contributed by atoms with Gasteiger partial charge >= 0.3 is 0 Å². The molecule has 0 aliphatic carbocycles. The van der Waals surface area contributed by atoms with Crippen molar-refractivity contribution < 1.29 is 0 Å². The van der Waals surface area contributed by atoms with Gasteiger partial charge in [-0.15, -0.1) is 0 Å². The van der Waals surface area contributed by atoms with Crippen LogP contribution in [-0.2, 0) is 0 Å². The van der Waals surface area contributed by atoms with Gasteiger partial charge in [0.25, 0.3) is 0 Å². The number of anilines is 4. The van der Waals surface area contributed by atoms with Crippen LogP contribution in [0.25, 0.3) is 23.5 Å². The minimum Gasteiger partial charge on any atom is -0.310 e. The molecule has 0 saturated heterocycles. The van der Waals surface area contributed by atoms with Crippen molar-refractivity contribution in [2.24, 2.45) is 0 Å². The third-order valence-electron chi connectivity index (χ3n) is 8.22. The zero-order chi connectivity index (χ0) is 32.4. The molecule has 2 heteroatoms. The van der Waals surface area contributed by atoms with Gasteiger partial charge in [0, 0.05) is 22.7 Å². The molecule has 0 aliphatic rings. The van der Waals surface area contributed by atoms with Crippen molar-refractivity contribution in [2.75, 3.05) is 9.80 Å². The monoisotopic (exact) mass is 616 g/mol. The normalized spacial score (nSPS) is 11.6. The SMILES string of the molecule is C(=C(c1ccc(C(=Cc2ccccc2)N(c2ccccc2)c2ccccc2)cc1)N(c1ccccc1)c1ccccc1)c1ccccc1. The molecule has 0 N–H and O–H groups in total. The summed E-state index contributed by atoms with van der Waals surface area (Å²) in [5.74, 6) is 0. The number of benzene rings is 7.